The van der Waals surface area contributed by atoms with Gasteiger partial charge in [0, 0.05) is 36.0 Å². The summed E-state index contributed by atoms with van der Waals surface area (Å²) in [6.07, 6.45) is 6.93. The number of ether oxygens (including phenoxy) is 1. The highest BCUT2D eigenvalue weighted by Gasteiger charge is 2.32. The second-order valence-corrected chi connectivity index (χ2v) is 7.94. The fraction of sp³-hybridized carbons (Fsp3) is 0.333. The molecule has 2 aliphatic rings. The highest BCUT2D eigenvalue weighted by atomic mass is 35.6. The summed E-state index contributed by atoms with van der Waals surface area (Å²) in [5, 5.41) is 0. The van der Waals surface area contributed by atoms with Gasteiger partial charge in [0.05, 0.1) is 6.42 Å². The van der Waals surface area contributed by atoms with Gasteiger partial charge in [-0.2, -0.15) is 0 Å². The molecule has 0 fully saturated rings. The van der Waals surface area contributed by atoms with Gasteiger partial charge in [-0.05, 0) is 19.1 Å². The third-order valence-corrected chi connectivity index (χ3v) is 4.02. The van der Waals surface area contributed by atoms with E-state index in [1.807, 2.05) is 19.7 Å². The van der Waals surface area contributed by atoms with Crippen molar-refractivity contribution in [1.29, 1.82) is 0 Å². The molecule has 1 aromatic rings. The molecular formula is C15H14BCl3N2O2+. The number of hydrogen-bond donors (Lipinski definition) is 0. The van der Waals surface area contributed by atoms with E-state index in [0.29, 0.717) is 6.42 Å². The molecule has 3 rings (SSSR count). The van der Waals surface area contributed by atoms with E-state index >= 15 is 0 Å². The maximum atomic E-state index is 11.7. The van der Waals surface area contributed by atoms with Crippen LogP contribution in [0.3, 0.4) is 0 Å². The maximum Gasteiger partial charge on any atom is 0.699 e. The Morgan fingerprint density at radius 3 is 2.87 bits per heavy atom. The minimum Gasteiger partial charge on any atom is -0.461 e. The van der Waals surface area contributed by atoms with Crippen molar-refractivity contribution in [3.8, 4) is 0 Å². The summed E-state index contributed by atoms with van der Waals surface area (Å²) in [4.78, 5) is 11.7. The predicted molar refractivity (Wildman–Crippen MR) is 93.2 cm³/mol. The zero-order valence-corrected chi connectivity index (χ0v) is 14.7. The van der Waals surface area contributed by atoms with E-state index in [4.69, 9.17) is 39.5 Å². The van der Waals surface area contributed by atoms with Gasteiger partial charge < -0.3 is 9.21 Å². The van der Waals surface area contributed by atoms with Crippen molar-refractivity contribution in [2.24, 2.45) is 0 Å². The predicted octanol–water partition coefficient (Wildman–Crippen LogP) is 3.25. The van der Waals surface area contributed by atoms with E-state index in [-0.39, 0.29) is 19.0 Å². The van der Waals surface area contributed by atoms with Crippen LogP contribution in [0.2, 0.25) is 0 Å². The molecule has 0 aromatic carbocycles. The van der Waals surface area contributed by atoms with Crippen LogP contribution in [-0.2, 0) is 9.53 Å². The summed E-state index contributed by atoms with van der Waals surface area (Å²) in [5.41, 5.74) is 4.41. The minimum atomic E-state index is -1.57. The first-order valence-electron chi connectivity index (χ1n) is 7.13. The Labute approximate surface area is 150 Å². The van der Waals surface area contributed by atoms with Crippen molar-refractivity contribution >= 4 is 60.1 Å². The Kier molecular flexibility index (Phi) is 4.63. The van der Waals surface area contributed by atoms with Gasteiger partial charge in [-0.1, -0.05) is 34.8 Å². The molecule has 0 saturated carbocycles. The molecule has 1 radical (unpaired) electrons. The lowest BCUT2D eigenvalue weighted by molar-refractivity contribution is -0.314. The summed E-state index contributed by atoms with van der Waals surface area (Å²) in [6, 6.07) is 4.15. The van der Waals surface area contributed by atoms with Crippen molar-refractivity contribution < 1.29 is 14.0 Å². The quantitative estimate of drug-likeness (QED) is 0.463. The molecule has 0 spiro atoms. The molecule has 2 aliphatic heterocycles. The lowest BCUT2D eigenvalue weighted by Crippen LogP contribution is -2.30. The second-order valence-electron chi connectivity index (χ2n) is 5.42. The topological polar surface area (TPSA) is 34.2 Å². The molecule has 4 nitrogen and oxygen atoms in total. The lowest BCUT2D eigenvalue weighted by atomic mass is 10.0. The normalized spacial score (nSPS) is 15.9. The van der Waals surface area contributed by atoms with Crippen LogP contribution in [0.1, 0.15) is 24.2 Å². The minimum absolute atomic E-state index is 0.232. The van der Waals surface area contributed by atoms with Crippen molar-refractivity contribution in [3.05, 3.63) is 41.4 Å². The molecule has 3 heterocycles. The monoisotopic (exact) mass is 370 g/mol. The van der Waals surface area contributed by atoms with Crippen LogP contribution < -0.4 is 0 Å². The molecule has 0 N–H and O–H groups in total. The van der Waals surface area contributed by atoms with Gasteiger partial charge in [-0.15, -0.1) is 0 Å². The number of hydrogen-bond acceptors (Lipinski definition) is 2. The molecule has 119 valence electrons. The number of esters is 1. The zero-order valence-electron chi connectivity index (χ0n) is 12.4. The van der Waals surface area contributed by atoms with E-state index in [1.165, 1.54) is 0 Å². The van der Waals surface area contributed by atoms with E-state index in [0.717, 1.165) is 22.8 Å². The highest BCUT2D eigenvalue weighted by molar-refractivity contribution is 6.67. The summed E-state index contributed by atoms with van der Waals surface area (Å²) in [6.45, 7) is 1.81. The molecule has 23 heavy (non-hydrogen) atoms. The molecule has 1 aromatic heterocycles. The third-order valence-electron chi connectivity index (χ3n) is 3.70. The Balaban J connectivity index is 1.65. The molecule has 0 bridgehead atoms. The smallest absolute Gasteiger partial charge is 0.461 e. The van der Waals surface area contributed by atoms with Crippen LogP contribution in [0, 0.1) is 6.92 Å². The summed E-state index contributed by atoms with van der Waals surface area (Å²) in [7, 11) is 2.03. The molecule has 0 amide bonds. The Morgan fingerprint density at radius 1 is 1.35 bits per heavy atom. The summed E-state index contributed by atoms with van der Waals surface area (Å²) < 4.78 is 7.55. The highest BCUT2D eigenvalue weighted by Crippen LogP contribution is 2.26. The fourth-order valence-corrected chi connectivity index (χ4v) is 2.71. The SMILES string of the molecule is Cc1ccc2n1[B][N+]1=C(CCC(=O)OCC(Cl)(Cl)Cl)C=CC1=C2. The average Bonchev–Trinajstić information content (AvgIpc) is 3.04. The number of allylic oxidation sites excluding steroid dienone is 2. The van der Waals surface area contributed by atoms with Gasteiger partial charge >= 0.3 is 13.5 Å². The Hall–Kier alpha value is -1.17. The number of carbonyl (C=O) groups excluding carboxylic acids is 1. The number of alkyl halides is 3. The number of aromatic nitrogens is 1. The third kappa shape index (κ3) is 3.85. The van der Waals surface area contributed by atoms with Gasteiger partial charge in [-0.3, -0.25) is 9.28 Å². The Morgan fingerprint density at radius 2 is 2.13 bits per heavy atom. The summed E-state index contributed by atoms with van der Waals surface area (Å²) in [5.74, 6) is -0.385. The molecule has 0 saturated heterocycles. The number of aryl methyl sites for hydroxylation is 1. The van der Waals surface area contributed by atoms with Gasteiger partial charge in [0.15, 0.2) is 11.4 Å². The fourth-order valence-electron chi connectivity index (χ4n) is 2.55. The van der Waals surface area contributed by atoms with E-state index in [1.54, 1.807) is 0 Å². The number of halogens is 3. The largest absolute Gasteiger partial charge is 0.699 e. The lowest BCUT2D eigenvalue weighted by Gasteiger charge is -2.12. The van der Waals surface area contributed by atoms with E-state index < -0.39 is 3.79 Å². The van der Waals surface area contributed by atoms with Crippen LogP contribution in [-0.4, -0.2) is 38.6 Å². The van der Waals surface area contributed by atoms with Crippen LogP contribution in [0.5, 0.6) is 0 Å². The average molecular weight is 371 g/mol. The second kappa shape index (κ2) is 6.38. The molecule has 0 unspecified atom stereocenters. The van der Waals surface area contributed by atoms with Crippen LogP contribution in [0.15, 0.2) is 30.0 Å². The zero-order chi connectivity index (χ0) is 16.6. The van der Waals surface area contributed by atoms with Gasteiger partial charge in [0.1, 0.15) is 6.61 Å². The number of rotatable bonds is 4. The van der Waals surface area contributed by atoms with Crippen molar-refractivity contribution in [3.63, 3.8) is 0 Å². The van der Waals surface area contributed by atoms with E-state index in [9.17, 15) is 4.79 Å². The van der Waals surface area contributed by atoms with Gasteiger partial charge in [0.2, 0.25) is 3.79 Å². The number of fused-ring (bicyclic) bond motifs is 2. The van der Waals surface area contributed by atoms with Crippen molar-refractivity contribution in [2.75, 3.05) is 6.61 Å². The van der Waals surface area contributed by atoms with E-state index in [2.05, 4.69) is 34.1 Å². The number of nitrogens with zero attached hydrogens (tertiary/aromatic N) is 2. The van der Waals surface area contributed by atoms with Crippen LogP contribution in [0.4, 0.5) is 0 Å². The first-order valence-corrected chi connectivity index (χ1v) is 8.27. The van der Waals surface area contributed by atoms with Gasteiger partial charge in [0.25, 0.3) is 0 Å². The van der Waals surface area contributed by atoms with Crippen LogP contribution >= 0.6 is 34.8 Å². The first-order chi connectivity index (χ1) is 10.8. The van der Waals surface area contributed by atoms with Crippen molar-refractivity contribution in [1.82, 2.24) is 4.48 Å². The Bertz CT molecular complexity index is 744. The molecule has 8 heteroatoms. The van der Waals surface area contributed by atoms with Gasteiger partial charge in [-0.25, -0.2) is 0 Å². The standard InChI is InChI=1S/C15H14BCl3N2O2/c1-10-2-3-12-8-13-5-4-11(21(13)16-20(10)12)6-7-14(22)23-9-15(17,18)19/h2-5,8H,6-7,9H2,1H3/q+1. The first kappa shape index (κ1) is 16.7. The van der Waals surface area contributed by atoms with Crippen LogP contribution in [0.25, 0.3) is 6.08 Å². The van der Waals surface area contributed by atoms with Crippen molar-refractivity contribution in [2.45, 2.75) is 23.6 Å². The summed E-state index contributed by atoms with van der Waals surface area (Å²) >= 11 is 16.7. The number of carbonyl (C=O) groups is 1. The maximum absolute atomic E-state index is 11.7. The molecule has 0 atom stereocenters. The molecular weight excluding hydrogens is 357 g/mol. The molecule has 0 aliphatic carbocycles.